The van der Waals surface area contributed by atoms with Gasteiger partial charge in [-0.1, -0.05) is 13.8 Å². The molecule has 10 heavy (non-hydrogen) atoms. The van der Waals surface area contributed by atoms with Crippen molar-refractivity contribution in [2.24, 2.45) is 16.8 Å². The summed E-state index contributed by atoms with van der Waals surface area (Å²) in [5, 5.41) is 0.850. The van der Waals surface area contributed by atoms with Gasteiger partial charge in [-0.25, -0.2) is 0 Å². The molecule has 2 aliphatic heterocycles. The van der Waals surface area contributed by atoms with E-state index in [4.69, 9.17) is 0 Å². The highest BCUT2D eigenvalue weighted by atomic mass is 32.2. The van der Waals surface area contributed by atoms with Crippen LogP contribution in [0.3, 0.4) is 0 Å². The van der Waals surface area contributed by atoms with Crippen molar-refractivity contribution in [3.05, 3.63) is 0 Å². The van der Waals surface area contributed by atoms with Crippen molar-refractivity contribution in [2.75, 3.05) is 0 Å². The van der Waals surface area contributed by atoms with Crippen molar-refractivity contribution < 1.29 is 0 Å². The van der Waals surface area contributed by atoms with Crippen LogP contribution in [0.15, 0.2) is 4.99 Å². The summed E-state index contributed by atoms with van der Waals surface area (Å²) in [7, 11) is 0. The van der Waals surface area contributed by atoms with E-state index >= 15 is 0 Å². The van der Waals surface area contributed by atoms with Crippen LogP contribution in [0.2, 0.25) is 0 Å². The van der Waals surface area contributed by atoms with Crippen molar-refractivity contribution in [2.45, 2.75) is 31.6 Å². The van der Waals surface area contributed by atoms with E-state index < -0.39 is 0 Å². The maximum Gasteiger partial charge on any atom is 0.0658 e. The Bertz CT molecular complexity index is 178. The summed E-state index contributed by atoms with van der Waals surface area (Å²) in [5.41, 5.74) is 2.32. The molecule has 0 aromatic carbocycles. The molecule has 0 N–H and O–H groups in total. The van der Waals surface area contributed by atoms with Crippen molar-refractivity contribution in [3.8, 4) is 0 Å². The van der Waals surface area contributed by atoms with Crippen LogP contribution in [0.4, 0.5) is 0 Å². The number of thioether (sulfide) groups is 1. The zero-order valence-corrected chi connectivity index (χ0v) is 7.48. The fourth-order valence-corrected chi connectivity index (χ4v) is 3.53. The molecule has 2 atom stereocenters. The second-order valence-electron chi connectivity index (χ2n) is 3.64. The Morgan fingerprint density at radius 3 is 2.30 bits per heavy atom. The van der Waals surface area contributed by atoms with Crippen molar-refractivity contribution in [3.63, 3.8) is 0 Å². The lowest BCUT2D eigenvalue weighted by Gasteiger charge is -2.57. The van der Waals surface area contributed by atoms with E-state index in [9.17, 15) is 0 Å². The second kappa shape index (κ2) is 1.79. The fourth-order valence-electron chi connectivity index (χ4n) is 2.08. The molecule has 1 fully saturated rings. The topological polar surface area (TPSA) is 12.4 Å². The zero-order chi connectivity index (χ0) is 7.35. The summed E-state index contributed by atoms with van der Waals surface area (Å²) < 4.78 is 0. The van der Waals surface area contributed by atoms with Crippen LogP contribution in [-0.4, -0.2) is 16.3 Å². The Hall–Kier alpha value is 0.0200. The molecule has 0 radical (unpaired) electrons. The van der Waals surface area contributed by atoms with E-state index in [0.29, 0.717) is 0 Å². The Morgan fingerprint density at radius 1 is 1.40 bits per heavy atom. The molecule has 2 bridgehead atoms. The standard InChI is InChI=1S/C8H13NS/c1-5-7-6(2)8(5,3)9-4-10-7/h4-7H,1-3H3. The molecule has 1 nitrogen and oxygen atoms in total. The van der Waals surface area contributed by atoms with Gasteiger partial charge in [-0.05, 0) is 18.8 Å². The first kappa shape index (κ1) is 6.71. The Kier molecular flexibility index (Phi) is 1.20. The summed E-state index contributed by atoms with van der Waals surface area (Å²) in [4.78, 5) is 4.53. The van der Waals surface area contributed by atoms with Gasteiger partial charge in [0.05, 0.1) is 11.1 Å². The highest BCUT2D eigenvalue weighted by molar-refractivity contribution is 8.12. The number of fused-ring (bicyclic) bond motifs is 1. The molecule has 0 saturated heterocycles. The molecule has 3 rings (SSSR count). The average Bonchev–Trinajstić information content (AvgIpc) is 1.95. The first-order valence-corrected chi connectivity index (χ1v) is 4.79. The highest BCUT2D eigenvalue weighted by Gasteiger charge is 2.56. The number of nitrogens with zero attached hydrogens (tertiary/aromatic N) is 1. The van der Waals surface area contributed by atoms with Gasteiger partial charge in [-0.3, -0.25) is 4.99 Å². The van der Waals surface area contributed by atoms with Gasteiger partial charge in [0.2, 0.25) is 0 Å². The number of aliphatic imine (C=N–C) groups is 1. The van der Waals surface area contributed by atoms with Crippen LogP contribution in [0.1, 0.15) is 20.8 Å². The molecule has 1 saturated carbocycles. The van der Waals surface area contributed by atoms with Gasteiger partial charge in [0, 0.05) is 5.25 Å². The molecule has 1 aliphatic carbocycles. The smallest absolute Gasteiger partial charge is 0.0658 e. The minimum absolute atomic E-state index is 0.288. The molecule has 0 amide bonds. The van der Waals surface area contributed by atoms with E-state index in [0.717, 1.165) is 17.1 Å². The summed E-state index contributed by atoms with van der Waals surface area (Å²) in [5.74, 6) is 1.58. The zero-order valence-electron chi connectivity index (χ0n) is 6.66. The van der Waals surface area contributed by atoms with Crippen molar-refractivity contribution in [1.82, 2.24) is 0 Å². The van der Waals surface area contributed by atoms with Crippen LogP contribution in [0.5, 0.6) is 0 Å². The lowest BCUT2D eigenvalue weighted by atomic mass is 9.61. The average molecular weight is 155 g/mol. The van der Waals surface area contributed by atoms with Crippen LogP contribution in [-0.2, 0) is 0 Å². The molecule has 0 spiro atoms. The summed E-state index contributed by atoms with van der Waals surface area (Å²) in [6.45, 7) is 6.90. The fraction of sp³-hybridized carbons (Fsp3) is 0.875. The van der Waals surface area contributed by atoms with Gasteiger partial charge >= 0.3 is 0 Å². The first-order valence-electron chi connectivity index (χ1n) is 3.85. The third-order valence-corrected chi connectivity index (χ3v) is 4.74. The van der Waals surface area contributed by atoms with E-state index in [1.807, 2.05) is 17.3 Å². The Balaban J connectivity index is 2.33. The van der Waals surface area contributed by atoms with E-state index in [1.165, 1.54) is 0 Å². The van der Waals surface area contributed by atoms with Gasteiger partial charge < -0.3 is 0 Å². The van der Waals surface area contributed by atoms with Gasteiger partial charge in [0.25, 0.3) is 0 Å². The molecule has 56 valence electrons. The van der Waals surface area contributed by atoms with Gasteiger partial charge in [0.1, 0.15) is 0 Å². The van der Waals surface area contributed by atoms with Gasteiger partial charge in [0.15, 0.2) is 0 Å². The molecule has 2 unspecified atom stereocenters. The predicted molar refractivity (Wildman–Crippen MR) is 46.6 cm³/mol. The van der Waals surface area contributed by atoms with Crippen LogP contribution in [0, 0.1) is 11.8 Å². The third kappa shape index (κ3) is 0.541. The van der Waals surface area contributed by atoms with Crippen molar-refractivity contribution in [1.29, 1.82) is 0 Å². The lowest BCUT2D eigenvalue weighted by Crippen LogP contribution is -2.61. The highest BCUT2D eigenvalue weighted by Crippen LogP contribution is 2.54. The van der Waals surface area contributed by atoms with E-state index in [1.54, 1.807) is 0 Å². The lowest BCUT2D eigenvalue weighted by molar-refractivity contribution is 0.0905. The largest absolute Gasteiger partial charge is 0.279 e. The molecule has 2 heterocycles. The van der Waals surface area contributed by atoms with E-state index in [-0.39, 0.29) is 5.54 Å². The number of rotatable bonds is 0. The monoisotopic (exact) mass is 155 g/mol. The minimum Gasteiger partial charge on any atom is -0.279 e. The molecule has 0 aromatic rings. The van der Waals surface area contributed by atoms with Crippen LogP contribution >= 0.6 is 11.8 Å². The number of hydrogen-bond acceptors (Lipinski definition) is 2. The Morgan fingerprint density at radius 2 is 2.00 bits per heavy atom. The maximum atomic E-state index is 4.53. The molecular weight excluding hydrogens is 142 g/mol. The maximum absolute atomic E-state index is 4.53. The van der Waals surface area contributed by atoms with Gasteiger partial charge in [-0.2, -0.15) is 0 Å². The van der Waals surface area contributed by atoms with Gasteiger partial charge in [-0.15, -0.1) is 11.8 Å². The Labute approximate surface area is 66.3 Å². The predicted octanol–water partition coefficient (Wildman–Crippen LogP) is 2.17. The summed E-state index contributed by atoms with van der Waals surface area (Å²) in [6, 6.07) is 0. The molecule has 2 heteroatoms. The van der Waals surface area contributed by atoms with E-state index in [2.05, 4.69) is 25.8 Å². The molecule has 0 aromatic heterocycles. The quantitative estimate of drug-likeness (QED) is 0.522. The molecule has 3 aliphatic rings. The summed E-state index contributed by atoms with van der Waals surface area (Å²) >= 11 is 1.91. The SMILES string of the molecule is CC1C2SC=NC1(C)C2C. The minimum atomic E-state index is 0.288. The summed E-state index contributed by atoms with van der Waals surface area (Å²) in [6.07, 6.45) is 0. The molecular formula is C8H13NS. The first-order chi connectivity index (χ1) is 4.66. The third-order valence-electron chi connectivity index (χ3n) is 3.38. The van der Waals surface area contributed by atoms with Crippen LogP contribution < -0.4 is 0 Å². The van der Waals surface area contributed by atoms with Crippen LogP contribution in [0.25, 0.3) is 0 Å². The second-order valence-corrected chi connectivity index (χ2v) is 4.67. The number of hydrogen-bond donors (Lipinski definition) is 0. The normalized spacial score (nSPS) is 58.1. The van der Waals surface area contributed by atoms with Crippen molar-refractivity contribution >= 4 is 17.3 Å².